The van der Waals surface area contributed by atoms with Crippen LogP contribution in [0, 0.1) is 0 Å². The molecule has 0 spiro atoms. The molecular formula is C22H20O6. The van der Waals surface area contributed by atoms with Crippen LogP contribution in [0.25, 0.3) is 0 Å². The normalized spacial score (nSPS) is 13.1. The molecule has 0 bridgehead atoms. The van der Waals surface area contributed by atoms with Crippen molar-refractivity contribution in [3.63, 3.8) is 0 Å². The second-order valence-corrected chi connectivity index (χ2v) is 6.01. The molecule has 0 saturated carbocycles. The van der Waals surface area contributed by atoms with Crippen LogP contribution in [0.15, 0.2) is 71.8 Å². The summed E-state index contributed by atoms with van der Waals surface area (Å²) in [5.41, 5.74) is 0.994. The van der Waals surface area contributed by atoms with Crippen molar-refractivity contribution in [2.24, 2.45) is 0 Å². The van der Waals surface area contributed by atoms with Gasteiger partial charge in [0.2, 0.25) is 0 Å². The lowest BCUT2D eigenvalue weighted by Crippen LogP contribution is -2.17. The van der Waals surface area contributed by atoms with E-state index in [9.17, 15) is 9.59 Å². The lowest BCUT2D eigenvalue weighted by atomic mass is 9.98. The molecule has 0 radical (unpaired) electrons. The molecule has 1 aliphatic carbocycles. The minimum absolute atomic E-state index is 0.401. The quantitative estimate of drug-likeness (QED) is 0.560. The highest BCUT2D eigenvalue weighted by Crippen LogP contribution is 2.24. The Morgan fingerprint density at radius 3 is 1.21 bits per heavy atom. The number of methoxy groups -OCH3 is 2. The van der Waals surface area contributed by atoms with Crippen molar-refractivity contribution in [2.45, 2.75) is 12.8 Å². The van der Waals surface area contributed by atoms with Crippen LogP contribution >= 0.6 is 0 Å². The van der Waals surface area contributed by atoms with Gasteiger partial charge in [0.05, 0.1) is 14.2 Å². The Labute approximate surface area is 163 Å². The molecule has 6 heteroatoms. The van der Waals surface area contributed by atoms with Gasteiger partial charge in [-0.05, 0) is 61.4 Å². The van der Waals surface area contributed by atoms with Gasteiger partial charge in [0.15, 0.2) is 0 Å². The molecule has 0 aliphatic heterocycles. The number of carbonyl (C=O) groups is 2. The van der Waals surface area contributed by atoms with Gasteiger partial charge in [0.1, 0.15) is 23.0 Å². The number of hydrogen-bond acceptors (Lipinski definition) is 6. The monoisotopic (exact) mass is 380 g/mol. The number of allylic oxidation sites excluding steroid dienone is 2. The molecule has 0 atom stereocenters. The van der Waals surface area contributed by atoms with E-state index in [2.05, 4.69) is 0 Å². The van der Waals surface area contributed by atoms with Crippen LogP contribution in [0.1, 0.15) is 12.8 Å². The Kier molecular flexibility index (Phi) is 6.11. The van der Waals surface area contributed by atoms with Gasteiger partial charge in [-0.2, -0.15) is 0 Å². The molecule has 6 nitrogen and oxygen atoms in total. The Morgan fingerprint density at radius 2 is 0.929 bits per heavy atom. The van der Waals surface area contributed by atoms with Crippen molar-refractivity contribution < 1.29 is 28.5 Å². The zero-order chi connectivity index (χ0) is 19.9. The SMILES string of the molecule is COc1ccc(OC(=O)C2=CC=C(C(=O)Oc3ccc(OC)cc3)CC2)cc1. The molecule has 0 N–H and O–H groups in total. The number of benzene rings is 2. The summed E-state index contributed by atoms with van der Waals surface area (Å²) in [6, 6.07) is 13.5. The standard InChI is InChI=1S/C22H20O6/c1-25-17-7-11-19(12-8-17)27-21(23)15-3-5-16(6-4-15)22(24)28-20-13-9-18(26-2)10-14-20/h3,5,7-14H,4,6H2,1-2H3. The summed E-state index contributed by atoms with van der Waals surface area (Å²) in [6.07, 6.45) is 4.00. The molecule has 2 aromatic carbocycles. The van der Waals surface area contributed by atoms with Gasteiger partial charge in [0.25, 0.3) is 0 Å². The largest absolute Gasteiger partial charge is 0.497 e. The number of ether oxygens (including phenoxy) is 4. The maximum atomic E-state index is 12.3. The summed E-state index contributed by atoms with van der Waals surface area (Å²) < 4.78 is 20.8. The van der Waals surface area contributed by atoms with Gasteiger partial charge in [-0.25, -0.2) is 9.59 Å². The lowest BCUT2D eigenvalue weighted by Gasteiger charge is -2.14. The first-order valence-electron chi connectivity index (χ1n) is 8.71. The van der Waals surface area contributed by atoms with Crippen LogP contribution in [0.4, 0.5) is 0 Å². The maximum absolute atomic E-state index is 12.3. The zero-order valence-corrected chi connectivity index (χ0v) is 15.6. The predicted octanol–water partition coefficient (Wildman–Crippen LogP) is 3.86. The van der Waals surface area contributed by atoms with Crippen molar-refractivity contribution in [1.29, 1.82) is 0 Å². The topological polar surface area (TPSA) is 71.1 Å². The Hall–Kier alpha value is -3.54. The first-order chi connectivity index (χ1) is 13.6. The highest BCUT2D eigenvalue weighted by Gasteiger charge is 2.20. The number of carbonyl (C=O) groups excluding carboxylic acids is 2. The second-order valence-electron chi connectivity index (χ2n) is 6.01. The molecule has 0 amide bonds. The number of rotatable bonds is 6. The molecule has 3 rings (SSSR count). The second kappa shape index (κ2) is 8.90. The minimum atomic E-state index is -0.441. The van der Waals surface area contributed by atoms with Crippen molar-refractivity contribution in [3.05, 3.63) is 71.8 Å². The van der Waals surface area contributed by atoms with E-state index >= 15 is 0 Å². The molecule has 28 heavy (non-hydrogen) atoms. The molecule has 2 aromatic rings. The fraction of sp³-hybridized carbons (Fsp3) is 0.182. The fourth-order valence-electron chi connectivity index (χ4n) is 2.61. The van der Waals surface area contributed by atoms with Crippen molar-refractivity contribution in [1.82, 2.24) is 0 Å². The molecule has 144 valence electrons. The summed E-state index contributed by atoms with van der Waals surface area (Å²) >= 11 is 0. The molecule has 0 heterocycles. The van der Waals surface area contributed by atoms with E-state index in [0.29, 0.717) is 47.0 Å². The number of hydrogen-bond donors (Lipinski definition) is 0. The number of esters is 2. The van der Waals surface area contributed by atoms with Gasteiger partial charge in [-0.3, -0.25) is 0 Å². The lowest BCUT2D eigenvalue weighted by molar-refractivity contribution is -0.131. The summed E-state index contributed by atoms with van der Waals surface area (Å²) in [5, 5.41) is 0. The van der Waals surface area contributed by atoms with Gasteiger partial charge in [-0.1, -0.05) is 12.2 Å². The third kappa shape index (κ3) is 4.79. The highest BCUT2D eigenvalue weighted by atomic mass is 16.5. The fourth-order valence-corrected chi connectivity index (χ4v) is 2.61. The van der Waals surface area contributed by atoms with E-state index in [-0.39, 0.29) is 0 Å². The van der Waals surface area contributed by atoms with Crippen LogP contribution in [-0.4, -0.2) is 26.2 Å². The van der Waals surface area contributed by atoms with E-state index in [1.807, 2.05) is 0 Å². The van der Waals surface area contributed by atoms with Crippen molar-refractivity contribution in [3.8, 4) is 23.0 Å². The van der Waals surface area contributed by atoms with Crippen LogP contribution < -0.4 is 18.9 Å². The molecule has 0 saturated heterocycles. The van der Waals surface area contributed by atoms with Crippen LogP contribution in [0.5, 0.6) is 23.0 Å². The average molecular weight is 380 g/mol. The van der Waals surface area contributed by atoms with E-state index in [1.165, 1.54) is 0 Å². The molecular weight excluding hydrogens is 360 g/mol. The zero-order valence-electron chi connectivity index (χ0n) is 15.6. The molecule has 1 aliphatic rings. The van der Waals surface area contributed by atoms with Gasteiger partial charge in [-0.15, -0.1) is 0 Å². The minimum Gasteiger partial charge on any atom is -0.497 e. The van der Waals surface area contributed by atoms with Gasteiger partial charge < -0.3 is 18.9 Å². The summed E-state index contributed by atoms with van der Waals surface area (Å²) in [4.78, 5) is 24.5. The average Bonchev–Trinajstić information content (AvgIpc) is 2.75. The van der Waals surface area contributed by atoms with E-state index in [1.54, 1.807) is 74.9 Å². The van der Waals surface area contributed by atoms with Crippen LogP contribution in [0.2, 0.25) is 0 Å². The molecule has 0 unspecified atom stereocenters. The maximum Gasteiger partial charge on any atom is 0.339 e. The Balaban J connectivity index is 1.60. The third-order valence-corrected chi connectivity index (χ3v) is 4.21. The van der Waals surface area contributed by atoms with Crippen LogP contribution in [-0.2, 0) is 9.59 Å². The van der Waals surface area contributed by atoms with Crippen molar-refractivity contribution in [2.75, 3.05) is 14.2 Å². The summed E-state index contributed by atoms with van der Waals surface area (Å²) in [5.74, 6) is 1.34. The van der Waals surface area contributed by atoms with Gasteiger partial charge in [0, 0.05) is 11.1 Å². The Bertz CT molecular complexity index is 830. The first-order valence-corrected chi connectivity index (χ1v) is 8.71. The summed E-state index contributed by atoms with van der Waals surface area (Å²) in [6.45, 7) is 0. The van der Waals surface area contributed by atoms with E-state index in [0.717, 1.165) is 0 Å². The molecule has 0 aromatic heterocycles. The van der Waals surface area contributed by atoms with Crippen LogP contribution in [0.3, 0.4) is 0 Å². The smallest absolute Gasteiger partial charge is 0.339 e. The van der Waals surface area contributed by atoms with Gasteiger partial charge >= 0.3 is 11.9 Å². The third-order valence-electron chi connectivity index (χ3n) is 4.21. The van der Waals surface area contributed by atoms with E-state index < -0.39 is 11.9 Å². The predicted molar refractivity (Wildman–Crippen MR) is 103 cm³/mol. The van der Waals surface area contributed by atoms with E-state index in [4.69, 9.17) is 18.9 Å². The highest BCUT2D eigenvalue weighted by molar-refractivity contribution is 5.95. The summed E-state index contributed by atoms with van der Waals surface area (Å²) in [7, 11) is 3.13. The first kappa shape index (κ1) is 19.2. The van der Waals surface area contributed by atoms with Crippen molar-refractivity contribution >= 4 is 11.9 Å². The molecule has 0 fully saturated rings. The Morgan fingerprint density at radius 1 is 0.607 bits per heavy atom.